The molecule has 0 bridgehead atoms. The molecule has 0 aromatic heterocycles. The first kappa shape index (κ1) is 15.6. The Hall–Kier alpha value is -1.79. The van der Waals surface area contributed by atoms with Gasteiger partial charge in [0.15, 0.2) is 11.5 Å². The van der Waals surface area contributed by atoms with Crippen molar-refractivity contribution >= 4 is 5.91 Å². The number of nitrogens with zero attached hydrogens (tertiary/aromatic N) is 1. The molecule has 1 saturated heterocycles. The number of methoxy groups -OCH3 is 2. The van der Waals surface area contributed by atoms with Crippen LogP contribution >= 0.6 is 0 Å². The average molecular weight is 294 g/mol. The van der Waals surface area contributed by atoms with Crippen molar-refractivity contribution in [2.75, 3.05) is 40.5 Å². The Kier molecular flexibility index (Phi) is 5.41. The van der Waals surface area contributed by atoms with E-state index < -0.39 is 0 Å². The second kappa shape index (κ2) is 7.28. The molecule has 0 saturated carbocycles. The summed E-state index contributed by atoms with van der Waals surface area (Å²) in [5.74, 6) is 1.36. The quantitative estimate of drug-likeness (QED) is 0.852. The van der Waals surface area contributed by atoms with Gasteiger partial charge in [0.2, 0.25) is 5.91 Å². The summed E-state index contributed by atoms with van der Waals surface area (Å²) in [5.41, 5.74) is 6.49. The largest absolute Gasteiger partial charge is 0.493 e. The first-order chi connectivity index (χ1) is 10.2. The topological polar surface area (TPSA) is 74.0 Å². The van der Waals surface area contributed by atoms with Gasteiger partial charge in [0.25, 0.3) is 0 Å². The summed E-state index contributed by atoms with van der Waals surface area (Å²) in [4.78, 5) is 14.1. The zero-order valence-electron chi connectivity index (χ0n) is 12.5. The van der Waals surface area contributed by atoms with Crippen molar-refractivity contribution in [2.24, 2.45) is 5.73 Å². The summed E-state index contributed by atoms with van der Waals surface area (Å²) in [6, 6.07) is 5.52. The van der Waals surface area contributed by atoms with E-state index in [1.54, 1.807) is 19.1 Å². The third-order valence-corrected chi connectivity index (χ3v) is 3.56. The summed E-state index contributed by atoms with van der Waals surface area (Å²) in [6.45, 7) is 2.14. The van der Waals surface area contributed by atoms with Crippen molar-refractivity contribution in [3.05, 3.63) is 23.8 Å². The molecule has 1 amide bonds. The monoisotopic (exact) mass is 294 g/mol. The minimum absolute atomic E-state index is 0.0619. The fourth-order valence-electron chi connectivity index (χ4n) is 2.37. The zero-order chi connectivity index (χ0) is 15.2. The van der Waals surface area contributed by atoms with Crippen LogP contribution in [0.25, 0.3) is 0 Å². The van der Waals surface area contributed by atoms with Gasteiger partial charge < -0.3 is 24.8 Å². The van der Waals surface area contributed by atoms with Crippen LogP contribution in [-0.4, -0.2) is 57.4 Å². The molecule has 1 aromatic rings. The predicted molar refractivity (Wildman–Crippen MR) is 78.6 cm³/mol. The third kappa shape index (κ3) is 3.86. The van der Waals surface area contributed by atoms with E-state index in [4.69, 9.17) is 19.9 Å². The first-order valence-electron chi connectivity index (χ1n) is 6.98. The fourth-order valence-corrected chi connectivity index (χ4v) is 2.37. The Morgan fingerprint density at radius 3 is 2.81 bits per heavy atom. The van der Waals surface area contributed by atoms with Crippen molar-refractivity contribution in [3.63, 3.8) is 0 Å². The predicted octanol–water partition coefficient (Wildman–Crippen LogP) is 0.432. The Balaban J connectivity index is 2.02. The van der Waals surface area contributed by atoms with E-state index in [1.165, 1.54) is 0 Å². The molecule has 116 valence electrons. The highest BCUT2D eigenvalue weighted by atomic mass is 16.5. The van der Waals surface area contributed by atoms with Gasteiger partial charge in [-0.3, -0.25) is 4.79 Å². The third-order valence-electron chi connectivity index (χ3n) is 3.56. The van der Waals surface area contributed by atoms with E-state index in [0.717, 1.165) is 5.56 Å². The van der Waals surface area contributed by atoms with Gasteiger partial charge in [-0.05, 0) is 17.7 Å². The standard InChI is InChI=1S/C15H22N2O4/c1-19-13-4-3-11(7-14(13)20-2)8-15(18)17-5-6-21-12(9-16)10-17/h3-4,7,12H,5-6,8-10,16H2,1-2H3. The smallest absolute Gasteiger partial charge is 0.227 e. The lowest BCUT2D eigenvalue weighted by atomic mass is 10.1. The summed E-state index contributed by atoms with van der Waals surface area (Å²) in [6.07, 6.45) is 0.269. The minimum atomic E-state index is -0.0619. The maximum Gasteiger partial charge on any atom is 0.227 e. The van der Waals surface area contributed by atoms with Crippen LogP contribution in [-0.2, 0) is 16.0 Å². The Labute approximate surface area is 124 Å². The van der Waals surface area contributed by atoms with E-state index in [9.17, 15) is 4.79 Å². The van der Waals surface area contributed by atoms with Gasteiger partial charge in [-0.15, -0.1) is 0 Å². The van der Waals surface area contributed by atoms with Crippen molar-refractivity contribution in [1.29, 1.82) is 0 Å². The molecule has 0 aliphatic carbocycles. The second-order valence-corrected chi connectivity index (χ2v) is 4.93. The number of morpholine rings is 1. The molecule has 0 radical (unpaired) electrons. The number of amides is 1. The molecular formula is C15H22N2O4. The maximum atomic E-state index is 12.3. The number of carbonyl (C=O) groups is 1. The van der Waals surface area contributed by atoms with Crippen molar-refractivity contribution < 1.29 is 19.0 Å². The van der Waals surface area contributed by atoms with Crippen molar-refractivity contribution in [2.45, 2.75) is 12.5 Å². The van der Waals surface area contributed by atoms with E-state index in [-0.39, 0.29) is 12.0 Å². The molecule has 2 rings (SSSR count). The van der Waals surface area contributed by atoms with Gasteiger partial charge in [0.05, 0.1) is 33.4 Å². The van der Waals surface area contributed by atoms with E-state index in [0.29, 0.717) is 44.2 Å². The molecule has 1 aliphatic rings. The van der Waals surface area contributed by atoms with Crippen LogP contribution in [0.4, 0.5) is 0 Å². The molecule has 1 atom stereocenters. The van der Waals surface area contributed by atoms with Crippen LogP contribution in [0.1, 0.15) is 5.56 Å². The van der Waals surface area contributed by atoms with Gasteiger partial charge in [-0.25, -0.2) is 0 Å². The lowest BCUT2D eigenvalue weighted by Gasteiger charge is -2.32. The van der Waals surface area contributed by atoms with Crippen molar-refractivity contribution in [3.8, 4) is 11.5 Å². The summed E-state index contributed by atoms with van der Waals surface area (Å²) < 4.78 is 15.9. The summed E-state index contributed by atoms with van der Waals surface area (Å²) in [7, 11) is 3.17. The second-order valence-electron chi connectivity index (χ2n) is 4.93. The molecule has 1 fully saturated rings. The van der Waals surface area contributed by atoms with Crippen molar-refractivity contribution in [1.82, 2.24) is 4.90 Å². The van der Waals surface area contributed by atoms with Crippen LogP contribution in [0.15, 0.2) is 18.2 Å². The lowest BCUT2D eigenvalue weighted by Crippen LogP contribution is -2.48. The van der Waals surface area contributed by atoms with E-state index >= 15 is 0 Å². The summed E-state index contributed by atoms with van der Waals surface area (Å²) >= 11 is 0. The van der Waals surface area contributed by atoms with Gasteiger partial charge in [0, 0.05) is 19.6 Å². The van der Waals surface area contributed by atoms with Crippen LogP contribution in [0.5, 0.6) is 11.5 Å². The van der Waals surface area contributed by atoms with Crippen LogP contribution in [0.3, 0.4) is 0 Å². The van der Waals surface area contributed by atoms with Crippen LogP contribution in [0.2, 0.25) is 0 Å². The molecule has 6 heteroatoms. The molecular weight excluding hydrogens is 272 g/mol. The molecule has 1 aliphatic heterocycles. The minimum Gasteiger partial charge on any atom is -0.493 e. The molecule has 0 spiro atoms. The number of carbonyl (C=O) groups excluding carboxylic acids is 1. The molecule has 21 heavy (non-hydrogen) atoms. The van der Waals surface area contributed by atoms with Gasteiger partial charge in [-0.1, -0.05) is 6.07 Å². The molecule has 6 nitrogen and oxygen atoms in total. The first-order valence-corrected chi connectivity index (χ1v) is 6.98. The Morgan fingerprint density at radius 1 is 1.38 bits per heavy atom. The molecule has 1 heterocycles. The number of rotatable bonds is 5. The highest BCUT2D eigenvalue weighted by Gasteiger charge is 2.23. The number of ether oxygens (including phenoxy) is 3. The molecule has 1 aromatic carbocycles. The summed E-state index contributed by atoms with van der Waals surface area (Å²) in [5, 5.41) is 0. The Morgan fingerprint density at radius 2 is 2.14 bits per heavy atom. The number of hydrogen-bond donors (Lipinski definition) is 1. The zero-order valence-corrected chi connectivity index (χ0v) is 12.5. The van der Waals surface area contributed by atoms with Gasteiger partial charge >= 0.3 is 0 Å². The number of benzene rings is 1. The average Bonchev–Trinajstić information content (AvgIpc) is 2.54. The number of hydrogen-bond acceptors (Lipinski definition) is 5. The maximum absolute atomic E-state index is 12.3. The molecule has 1 unspecified atom stereocenters. The highest BCUT2D eigenvalue weighted by molar-refractivity contribution is 5.79. The van der Waals surface area contributed by atoms with Crippen LogP contribution in [0, 0.1) is 0 Å². The highest BCUT2D eigenvalue weighted by Crippen LogP contribution is 2.27. The lowest BCUT2D eigenvalue weighted by molar-refractivity contribution is -0.137. The van der Waals surface area contributed by atoms with Gasteiger partial charge in [-0.2, -0.15) is 0 Å². The molecule has 2 N–H and O–H groups in total. The van der Waals surface area contributed by atoms with E-state index in [2.05, 4.69) is 0 Å². The normalized spacial score (nSPS) is 18.4. The SMILES string of the molecule is COc1ccc(CC(=O)N2CCOC(CN)C2)cc1OC. The fraction of sp³-hybridized carbons (Fsp3) is 0.533. The van der Waals surface area contributed by atoms with Gasteiger partial charge in [0.1, 0.15) is 0 Å². The number of nitrogens with two attached hydrogens (primary N) is 1. The van der Waals surface area contributed by atoms with Crippen LogP contribution < -0.4 is 15.2 Å². The Bertz CT molecular complexity index is 493. The van der Waals surface area contributed by atoms with E-state index in [1.807, 2.05) is 18.2 Å².